The van der Waals surface area contributed by atoms with E-state index in [4.69, 9.17) is 28.3 Å². The molecule has 0 saturated heterocycles. The van der Waals surface area contributed by atoms with Crippen molar-refractivity contribution in [3.8, 4) is 0 Å². The Morgan fingerprint density at radius 1 is 0.818 bits per heavy atom. The van der Waals surface area contributed by atoms with Crippen LogP contribution in [0.2, 0.25) is 0 Å². The number of rotatable bonds is 0. The lowest BCUT2D eigenvalue weighted by atomic mass is 10.4. The second-order valence-corrected chi connectivity index (χ2v) is 2.06. The lowest BCUT2D eigenvalue weighted by molar-refractivity contribution is 0.399. The summed E-state index contributed by atoms with van der Waals surface area (Å²) in [4.78, 5) is 0. The number of aliphatic hydroxyl groups is 1. The molecule has 11 heavy (non-hydrogen) atoms. The highest BCUT2D eigenvalue weighted by Crippen LogP contribution is 1.79. The fourth-order valence-electron chi connectivity index (χ4n) is 0.385. The van der Waals surface area contributed by atoms with Gasteiger partial charge in [0, 0.05) is 7.11 Å². The molecule has 0 radical (unpaired) electrons. The van der Waals surface area contributed by atoms with E-state index >= 15 is 0 Å². The molecular weight excluding hydrogens is 183 g/mol. The lowest BCUT2D eigenvalue weighted by Gasteiger charge is -1.69. The molecule has 0 saturated carbocycles. The first-order valence-corrected chi connectivity index (χ1v) is 4.05. The predicted molar refractivity (Wildman–Crippen MR) is 51.2 cm³/mol. The summed E-state index contributed by atoms with van der Waals surface area (Å²) < 4.78 is 0. The second kappa shape index (κ2) is 16.4. The Balaban J connectivity index is 0. The van der Waals surface area contributed by atoms with Crippen molar-refractivity contribution in [3.63, 3.8) is 0 Å². The molecule has 0 spiro atoms. The van der Waals surface area contributed by atoms with E-state index in [9.17, 15) is 0 Å². The number of hydrogen-bond acceptors (Lipinski definition) is 1. The van der Waals surface area contributed by atoms with Gasteiger partial charge in [0.15, 0.2) is 0 Å². The van der Waals surface area contributed by atoms with Crippen LogP contribution in [0.15, 0.2) is 36.4 Å². The first-order chi connectivity index (χ1) is 5.41. The zero-order chi connectivity index (χ0) is 8.95. The van der Waals surface area contributed by atoms with E-state index in [1.54, 1.807) is 0 Å². The lowest BCUT2D eigenvalue weighted by Crippen LogP contribution is -1.47. The molecule has 0 aliphatic heterocycles. The summed E-state index contributed by atoms with van der Waals surface area (Å²) in [6.07, 6.45) is 0. The van der Waals surface area contributed by atoms with Gasteiger partial charge in [-0.2, -0.15) is 0 Å². The molecule has 0 bridgehead atoms. The van der Waals surface area contributed by atoms with Crippen molar-refractivity contribution in [2.45, 2.75) is 0 Å². The van der Waals surface area contributed by atoms with Gasteiger partial charge < -0.3 is 5.11 Å². The number of aliphatic hydroxyl groups excluding tert-OH is 1. The molecule has 1 rings (SSSR count). The molecule has 0 aliphatic rings. The smallest absolute Gasteiger partial charge is 0.0967 e. The average Bonchev–Trinajstić information content (AvgIpc) is 2.12. The van der Waals surface area contributed by atoms with E-state index in [1.807, 2.05) is 36.4 Å². The van der Waals surface area contributed by atoms with Crippen LogP contribution in [0, 0.1) is 0 Å². The number of benzene rings is 1. The standard InChI is InChI=1S/C6H6.CH2Cl2.CH4O/c1-2-4-6-5-3-1;2-1-3;1-2/h1-6H;1H2;2H,1H3. The van der Waals surface area contributed by atoms with Crippen LogP contribution in [-0.2, 0) is 0 Å². The Hall–Kier alpha value is -0.240. The van der Waals surface area contributed by atoms with Gasteiger partial charge in [0.05, 0.1) is 5.34 Å². The molecule has 0 amide bonds. The molecule has 1 N–H and O–H groups in total. The highest BCUT2D eigenvalue weighted by molar-refractivity contribution is 6.40. The first-order valence-electron chi connectivity index (χ1n) is 2.98. The molecule has 0 fully saturated rings. The SMILES string of the molecule is CO.ClCCl.c1ccccc1. The molecule has 0 unspecified atom stereocenters. The molecule has 1 aromatic carbocycles. The number of halogens is 2. The molecule has 0 aliphatic carbocycles. The Bertz CT molecular complexity index is 94.9. The van der Waals surface area contributed by atoms with Crippen molar-refractivity contribution in [1.29, 1.82) is 0 Å². The normalized spacial score (nSPS) is 6.55. The highest BCUT2D eigenvalue weighted by atomic mass is 35.5. The van der Waals surface area contributed by atoms with Gasteiger partial charge in [-0.3, -0.25) is 0 Å². The molecule has 3 heteroatoms. The van der Waals surface area contributed by atoms with Gasteiger partial charge in [-0.1, -0.05) is 36.4 Å². The maximum absolute atomic E-state index is 7.00. The quantitative estimate of drug-likeness (QED) is 0.631. The van der Waals surface area contributed by atoms with Crippen LogP contribution in [0.5, 0.6) is 0 Å². The van der Waals surface area contributed by atoms with Gasteiger partial charge in [-0.15, -0.1) is 23.2 Å². The molecule has 1 aromatic rings. The van der Waals surface area contributed by atoms with Crippen LogP contribution in [0.3, 0.4) is 0 Å². The molecule has 0 atom stereocenters. The molecule has 0 aromatic heterocycles. The van der Waals surface area contributed by atoms with E-state index in [0.29, 0.717) is 0 Å². The van der Waals surface area contributed by atoms with E-state index in [2.05, 4.69) is 0 Å². The van der Waals surface area contributed by atoms with Gasteiger partial charge in [-0.25, -0.2) is 0 Å². The molecule has 1 nitrogen and oxygen atoms in total. The zero-order valence-corrected chi connectivity index (χ0v) is 7.89. The highest BCUT2D eigenvalue weighted by Gasteiger charge is 1.57. The maximum Gasteiger partial charge on any atom is 0.0967 e. The summed E-state index contributed by atoms with van der Waals surface area (Å²) >= 11 is 9.53. The van der Waals surface area contributed by atoms with Crippen LogP contribution in [-0.4, -0.2) is 17.6 Å². The minimum Gasteiger partial charge on any atom is -0.400 e. The van der Waals surface area contributed by atoms with E-state index in [-0.39, 0.29) is 5.34 Å². The van der Waals surface area contributed by atoms with E-state index < -0.39 is 0 Å². The minimum absolute atomic E-state index is 0.194. The summed E-state index contributed by atoms with van der Waals surface area (Å²) in [6, 6.07) is 12.0. The molecule has 0 heterocycles. The summed E-state index contributed by atoms with van der Waals surface area (Å²) in [5.41, 5.74) is 0. The fraction of sp³-hybridized carbons (Fsp3) is 0.250. The third-order valence-electron chi connectivity index (χ3n) is 0.667. The van der Waals surface area contributed by atoms with Gasteiger partial charge in [0.1, 0.15) is 0 Å². The third-order valence-corrected chi connectivity index (χ3v) is 0.667. The largest absolute Gasteiger partial charge is 0.400 e. The summed E-state index contributed by atoms with van der Waals surface area (Å²) in [5, 5.41) is 7.19. The van der Waals surface area contributed by atoms with Gasteiger partial charge in [0.25, 0.3) is 0 Å². The van der Waals surface area contributed by atoms with Crippen molar-refractivity contribution in [2.75, 3.05) is 12.4 Å². The second-order valence-electron chi connectivity index (χ2n) is 1.26. The maximum atomic E-state index is 7.00. The summed E-state index contributed by atoms with van der Waals surface area (Å²) in [7, 11) is 1.00. The van der Waals surface area contributed by atoms with Crippen molar-refractivity contribution in [2.24, 2.45) is 0 Å². The number of hydrogen-bond donors (Lipinski definition) is 1. The van der Waals surface area contributed by atoms with Gasteiger partial charge >= 0.3 is 0 Å². The monoisotopic (exact) mass is 194 g/mol. The Labute approximate surface area is 77.6 Å². The molecular formula is C8H12Cl2O. The fourth-order valence-corrected chi connectivity index (χ4v) is 0.385. The van der Waals surface area contributed by atoms with Crippen LogP contribution in [0.4, 0.5) is 0 Å². The minimum atomic E-state index is 0.194. The average molecular weight is 195 g/mol. The van der Waals surface area contributed by atoms with Crippen LogP contribution >= 0.6 is 23.2 Å². The first kappa shape index (κ1) is 13.4. The summed E-state index contributed by atoms with van der Waals surface area (Å²) in [5.74, 6) is 0. The van der Waals surface area contributed by atoms with Crippen molar-refractivity contribution >= 4 is 23.2 Å². The predicted octanol–water partition coefficient (Wildman–Crippen LogP) is 2.72. The Morgan fingerprint density at radius 3 is 1.00 bits per heavy atom. The number of alkyl halides is 2. The van der Waals surface area contributed by atoms with Crippen LogP contribution < -0.4 is 0 Å². The topological polar surface area (TPSA) is 20.2 Å². The Kier molecular flexibility index (Phi) is 19.9. The zero-order valence-electron chi connectivity index (χ0n) is 6.37. The van der Waals surface area contributed by atoms with Gasteiger partial charge in [0.2, 0.25) is 0 Å². The van der Waals surface area contributed by atoms with Crippen LogP contribution in [0.25, 0.3) is 0 Å². The van der Waals surface area contributed by atoms with Crippen LogP contribution in [0.1, 0.15) is 0 Å². The van der Waals surface area contributed by atoms with E-state index in [0.717, 1.165) is 7.11 Å². The Morgan fingerprint density at radius 2 is 0.909 bits per heavy atom. The summed E-state index contributed by atoms with van der Waals surface area (Å²) in [6.45, 7) is 0. The van der Waals surface area contributed by atoms with Gasteiger partial charge in [-0.05, 0) is 0 Å². The van der Waals surface area contributed by atoms with Crippen molar-refractivity contribution in [3.05, 3.63) is 36.4 Å². The van der Waals surface area contributed by atoms with E-state index in [1.165, 1.54) is 0 Å². The van der Waals surface area contributed by atoms with Crippen molar-refractivity contribution in [1.82, 2.24) is 0 Å². The molecule has 64 valence electrons. The third kappa shape index (κ3) is 17.7. The van der Waals surface area contributed by atoms with Crippen molar-refractivity contribution < 1.29 is 5.11 Å².